The average molecular weight is 333 g/mol. The number of halogens is 1. The molecule has 0 spiro atoms. The van der Waals surface area contributed by atoms with Crippen molar-refractivity contribution in [2.24, 2.45) is 0 Å². The Hall–Kier alpha value is -1.55. The summed E-state index contributed by atoms with van der Waals surface area (Å²) >= 11 is 3.45. The minimum atomic E-state index is -0.175. The van der Waals surface area contributed by atoms with Crippen molar-refractivity contribution in [3.05, 3.63) is 52.8 Å². The fourth-order valence-electron chi connectivity index (χ4n) is 2.62. The van der Waals surface area contributed by atoms with Crippen LogP contribution in [0.5, 0.6) is 5.75 Å². The normalized spacial score (nSPS) is 19.9. The zero-order valence-electron chi connectivity index (χ0n) is 11.6. The summed E-state index contributed by atoms with van der Waals surface area (Å²) in [5.74, 6) is 0.962. The van der Waals surface area contributed by atoms with E-state index in [1.165, 1.54) is 5.56 Å². The predicted molar refractivity (Wildman–Crippen MR) is 84.1 cm³/mol. The van der Waals surface area contributed by atoms with Crippen LogP contribution in [0.15, 0.2) is 47.2 Å². The second kappa shape index (κ2) is 5.09. The Balaban J connectivity index is 1.93. The highest BCUT2D eigenvalue weighted by atomic mass is 79.9. The number of fused-ring (bicyclic) bond motifs is 1. The molecule has 1 unspecified atom stereocenters. The summed E-state index contributed by atoms with van der Waals surface area (Å²) < 4.78 is 7.02. The minimum absolute atomic E-state index is 0.175. The van der Waals surface area contributed by atoms with Crippen LogP contribution in [0.1, 0.15) is 31.9 Å². The third-order valence-electron chi connectivity index (χ3n) is 3.42. The van der Waals surface area contributed by atoms with Crippen LogP contribution in [-0.4, -0.2) is 10.6 Å². The highest BCUT2D eigenvalue weighted by Gasteiger charge is 2.33. The van der Waals surface area contributed by atoms with E-state index in [1.807, 2.05) is 30.5 Å². The SMILES string of the molecule is CC1(C)CC(Nc2cncc(Br)c2)c2ccccc2O1. The zero-order valence-corrected chi connectivity index (χ0v) is 13.1. The van der Waals surface area contributed by atoms with Gasteiger partial charge in [-0.05, 0) is 41.9 Å². The molecular formula is C16H17BrN2O. The molecule has 4 heteroatoms. The quantitative estimate of drug-likeness (QED) is 0.875. The Morgan fingerprint density at radius 3 is 2.90 bits per heavy atom. The van der Waals surface area contributed by atoms with Crippen molar-refractivity contribution in [1.82, 2.24) is 4.98 Å². The van der Waals surface area contributed by atoms with Gasteiger partial charge in [-0.2, -0.15) is 0 Å². The first-order chi connectivity index (χ1) is 9.53. The molecule has 0 amide bonds. The van der Waals surface area contributed by atoms with Gasteiger partial charge in [0.2, 0.25) is 0 Å². The lowest BCUT2D eigenvalue weighted by Crippen LogP contribution is -2.37. The number of aromatic nitrogens is 1. The molecular weight excluding hydrogens is 316 g/mol. The predicted octanol–water partition coefficient (Wildman–Crippen LogP) is 4.56. The Bertz CT molecular complexity index is 627. The van der Waals surface area contributed by atoms with Crippen molar-refractivity contribution < 1.29 is 4.74 Å². The molecule has 20 heavy (non-hydrogen) atoms. The number of nitrogens with one attached hydrogen (secondary N) is 1. The van der Waals surface area contributed by atoms with Crippen molar-refractivity contribution in [3.8, 4) is 5.75 Å². The molecule has 0 saturated carbocycles. The summed E-state index contributed by atoms with van der Waals surface area (Å²) in [4.78, 5) is 4.20. The summed E-state index contributed by atoms with van der Waals surface area (Å²) in [6.07, 6.45) is 4.54. The van der Waals surface area contributed by atoms with E-state index in [0.717, 1.165) is 22.3 Å². The van der Waals surface area contributed by atoms with E-state index in [0.29, 0.717) is 0 Å². The van der Waals surface area contributed by atoms with Gasteiger partial charge in [-0.15, -0.1) is 0 Å². The fraction of sp³-hybridized carbons (Fsp3) is 0.312. The van der Waals surface area contributed by atoms with Gasteiger partial charge in [0, 0.05) is 22.7 Å². The molecule has 3 rings (SSSR count). The molecule has 0 fully saturated rings. The average Bonchev–Trinajstić information content (AvgIpc) is 2.37. The molecule has 0 radical (unpaired) electrons. The van der Waals surface area contributed by atoms with Crippen molar-refractivity contribution in [3.63, 3.8) is 0 Å². The van der Waals surface area contributed by atoms with E-state index in [4.69, 9.17) is 4.74 Å². The van der Waals surface area contributed by atoms with E-state index < -0.39 is 0 Å². The van der Waals surface area contributed by atoms with Crippen LogP contribution >= 0.6 is 15.9 Å². The van der Waals surface area contributed by atoms with Gasteiger partial charge in [0.25, 0.3) is 0 Å². The number of nitrogens with zero attached hydrogens (tertiary/aromatic N) is 1. The third kappa shape index (κ3) is 2.80. The molecule has 1 N–H and O–H groups in total. The number of para-hydroxylation sites is 1. The molecule has 1 aliphatic rings. The second-order valence-corrected chi connectivity index (χ2v) is 6.61. The molecule has 2 heterocycles. The maximum atomic E-state index is 6.05. The van der Waals surface area contributed by atoms with Gasteiger partial charge in [0.15, 0.2) is 0 Å². The number of rotatable bonds is 2. The van der Waals surface area contributed by atoms with E-state index in [-0.39, 0.29) is 11.6 Å². The van der Waals surface area contributed by atoms with Crippen molar-refractivity contribution in [2.75, 3.05) is 5.32 Å². The number of ether oxygens (including phenoxy) is 1. The number of benzene rings is 1. The number of hydrogen-bond acceptors (Lipinski definition) is 3. The largest absolute Gasteiger partial charge is 0.487 e. The van der Waals surface area contributed by atoms with Gasteiger partial charge in [-0.1, -0.05) is 18.2 Å². The van der Waals surface area contributed by atoms with Crippen LogP contribution < -0.4 is 10.1 Å². The number of hydrogen-bond donors (Lipinski definition) is 1. The second-order valence-electron chi connectivity index (χ2n) is 5.69. The Labute approximate surface area is 127 Å². The lowest BCUT2D eigenvalue weighted by Gasteiger charge is -2.38. The molecule has 0 bridgehead atoms. The van der Waals surface area contributed by atoms with Gasteiger partial charge in [0.05, 0.1) is 17.9 Å². The van der Waals surface area contributed by atoms with Crippen molar-refractivity contribution >= 4 is 21.6 Å². The third-order valence-corrected chi connectivity index (χ3v) is 3.86. The van der Waals surface area contributed by atoms with E-state index in [2.05, 4.69) is 46.1 Å². The molecule has 2 aromatic rings. The topological polar surface area (TPSA) is 34.2 Å². The van der Waals surface area contributed by atoms with Gasteiger partial charge >= 0.3 is 0 Å². The van der Waals surface area contributed by atoms with E-state index in [9.17, 15) is 0 Å². The molecule has 0 saturated heterocycles. The maximum absolute atomic E-state index is 6.05. The van der Waals surface area contributed by atoms with Crippen LogP contribution in [0, 0.1) is 0 Å². The smallest absolute Gasteiger partial charge is 0.125 e. The molecule has 0 aliphatic carbocycles. The van der Waals surface area contributed by atoms with Gasteiger partial charge in [0.1, 0.15) is 11.4 Å². The standard InChI is InChI=1S/C16H17BrN2O/c1-16(2)8-14(13-5-3-4-6-15(13)20-16)19-12-7-11(17)9-18-10-12/h3-7,9-10,14,19H,8H2,1-2H3. The summed E-state index contributed by atoms with van der Waals surface area (Å²) in [5, 5.41) is 3.56. The van der Waals surface area contributed by atoms with Gasteiger partial charge in [-0.25, -0.2) is 0 Å². The monoisotopic (exact) mass is 332 g/mol. The van der Waals surface area contributed by atoms with Crippen LogP contribution in [-0.2, 0) is 0 Å². The van der Waals surface area contributed by atoms with Gasteiger partial charge < -0.3 is 10.1 Å². The summed E-state index contributed by atoms with van der Waals surface area (Å²) in [5.41, 5.74) is 2.04. The number of anilines is 1. The zero-order chi connectivity index (χ0) is 14.2. The Morgan fingerprint density at radius 2 is 2.10 bits per heavy atom. The molecule has 1 aromatic heterocycles. The highest BCUT2D eigenvalue weighted by Crippen LogP contribution is 2.40. The molecule has 104 valence electrons. The first-order valence-electron chi connectivity index (χ1n) is 6.68. The van der Waals surface area contributed by atoms with Crippen molar-refractivity contribution in [2.45, 2.75) is 31.9 Å². The van der Waals surface area contributed by atoms with Crippen LogP contribution in [0.3, 0.4) is 0 Å². The molecule has 1 aliphatic heterocycles. The first kappa shape index (κ1) is 13.4. The van der Waals surface area contributed by atoms with E-state index in [1.54, 1.807) is 6.20 Å². The lowest BCUT2D eigenvalue weighted by molar-refractivity contribution is 0.0759. The Kier molecular flexibility index (Phi) is 3.42. The first-order valence-corrected chi connectivity index (χ1v) is 7.48. The highest BCUT2D eigenvalue weighted by molar-refractivity contribution is 9.10. The fourth-order valence-corrected chi connectivity index (χ4v) is 2.99. The maximum Gasteiger partial charge on any atom is 0.125 e. The summed E-state index contributed by atoms with van der Waals surface area (Å²) in [7, 11) is 0. The van der Waals surface area contributed by atoms with Crippen LogP contribution in [0.25, 0.3) is 0 Å². The summed E-state index contributed by atoms with van der Waals surface area (Å²) in [6.45, 7) is 4.24. The lowest BCUT2D eigenvalue weighted by atomic mass is 9.89. The van der Waals surface area contributed by atoms with Gasteiger partial charge in [-0.3, -0.25) is 4.98 Å². The van der Waals surface area contributed by atoms with E-state index >= 15 is 0 Å². The molecule has 1 atom stereocenters. The minimum Gasteiger partial charge on any atom is -0.487 e. The molecule has 1 aromatic carbocycles. The Morgan fingerprint density at radius 1 is 1.30 bits per heavy atom. The van der Waals surface area contributed by atoms with Crippen LogP contribution in [0.4, 0.5) is 5.69 Å². The van der Waals surface area contributed by atoms with Crippen LogP contribution in [0.2, 0.25) is 0 Å². The number of pyridine rings is 1. The van der Waals surface area contributed by atoms with Crippen molar-refractivity contribution in [1.29, 1.82) is 0 Å². The molecule has 3 nitrogen and oxygen atoms in total. The summed E-state index contributed by atoms with van der Waals surface area (Å²) in [6, 6.07) is 10.5.